The van der Waals surface area contributed by atoms with Crippen molar-refractivity contribution in [3.63, 3.8) is 0 Å². The molecule has 1 saturated heterocycles. The van der Waals surface area contributed by atoms with E-state index in [1.807, 2.05) is 25.1 Å². The number of likely N-dealkylation sites (tertiary alicyclic amines) is 1. The predicted octanol–water partition coefficient (Wildman–Crippen LogP) is 3.63. The number of ether oxygens (including phenoxy) is 2. The average molecular weight is 404 g/mol. The van der Waals surface area contributed by atoms with E-state index in [1.54, 1.807) is 36.3 Å². The highest BCUT2D eigenvalue weighted by Crippen LogP contribution is 2.26. The number of hydrogen-bond acceptors (Lipinski definition) is 4. The van der Waals surface area contributed by atoms with Crippen molar-refractivity contribution in [2.75, 3.05) is 26.8 Å². The minimum atomic E-state index is -1.08. The SMILES string of the molecule is COc1ccc(C)cc1CC(=O)N1CCCC(O)(COc2cccc(Cl)c2)C1. The molecule has 150 valence electrons. The Morgan fingerprint density at radius 1 is 1.29 bits per heavy atom. The zero-order valence-electron chi connectivity index (χ0n) is 16.3. The van der Waals surface area contributed by atoms with Gasteiger partial charge in [0.05, 0.1) is 20.1 Å². The molecule has 2 aromatic carbocycles. The van der Waals surface area contributed by atoms with E-state index in [-0.39, 0.29) is 25.5 Å². The second-order valence-corrected chi connectivity index (χ2v) is 7.82. The molecule has 1 aliphatic heterocycles. The maximum Gasteiger partial charge on any atom is 0.227 e. The van der Waals surface area contributed by atoms with E-state index in [4.69, 9.17) is 21.1 Å². The van der Waals surface area contributed by atoms with Gasteiger partial charge >= 0.3 is 0 Å². The summed E-state index contributed by atoms with van der Waals surface area (Å²) in [5, 5.41) is 11.5. The smallest absolute Gasteiger partial charge is 0.227 e. The number of β-amino-alcohol motifs (C(OH)–C–C–N with tert-alkyl or cyclic N) is 1. The summed E-state index contributed by atoms with van der Waals surface area (Å²) in [5.41, 5.74) is 0.859. The highest BCUT2D eigenvalue weighted by molar-refractivity contribution is 6.30. The van der Waals surface area contributed by atoms with Crippen molar-refractivity contribution >= 4 is 17.5 Å². The third kappa shape index (κ3) is 5.18. The van der Waals surface area contributed by atoms with Gasteiger partial charge in [0.2, 0.25) is 5.91 Å². The van der Waals surface area contributed by atoms with Gasteiger partial charge in [0.25, 0.3) is 0 Å². The Labute approximate surface area is 170 Å². The van der Waals surface area contributed by atoms with Crippen LogP contribution in [0.25, 0.3) is 0 Å². The van der Waals surface area contributed by atoms with Crippen molar-refractivity contribution in [1.82, 2.24) is 4.90 Å². The van der Waals surface area contributed by atoms with Crippen LogP contribution in [0, 0.1) is 6.92 Å². The van der Waals surface area contributed by atoms with E-state index < -0.39 is 5.60 Å². The maximum absolute atomic E-state index is 12.9. The molecule has 1 fully saturated rings. The Morgan fingerprint density at radius 2 is 2.11 bits per heavy atom. The normalized spacial score (nSPS) is 19.4. The second kappa shape index (κ2) is 8.84. The van der Waals surface area contributed by atoms with Crippen molar-refractivity contribution in [3.05, 3.63) is 58.6 Å². The Bertz CT molecular complexity index is 841. The highest BCUT2D eigenvalue weighted by Gasteiger charge is 2.36. The topological polar surface area (TPSA) is 59.0 Å². The average Bonchev–Trinajstić information content (AvgIpc) is 2.67. The molecule has 1 unspecified atom stereocenters. The number of aryl methyl sites for hydroxylation is 1. The fourth-order valence-corrected chi connectivity index (χ4v) is 3.72. The minimum Gasteiger partial charge on any atom is -0.496 e. The third-order valence-corrected chi connectivity index (χ3v) is 5.22. The van der Waals surface area contributed by atoms with Crippen LogP contribution >= 0.6 is 11.6 Å². The third-order valence-electron chi connectivity index (χ3n) is 4.99. The lowest BCUT2D eigenvalue weighted by atomic mass is 9.93. The number of benzene rings is 2. The monoisotopic (exact) mass is 403 g/mol. The van der Waals surface area contributed by atoms with Gasteiger partial charge in [0.15, 0.2) is 0 Å². The first-order valence-electron chi connectivity index (χ1n) is 9.41. The molecule has 28 heavy (non-hydrogen) atoms. The Kier molecular flexibility index (Phi) is 6.47. The number of hydrogen-bond donors (Lipinski definition) is 1. The van der Waals surface area contributed by atoms with Gasteiger partial charge in [-0.2, -0.15) is 0 Å². The van der Waals surface area contributed by atoms with E-state index in [0.29, 0.717) is 29.5 Å². The first-order chi connectivity index (χ1) is 13.4. The fraction of sp³-hybridized carbons (Fsp3) is 0.409. The van der Waals surface area contributed by atoms with Gasteiger partial charge in [-0.15, -0.1) is 0 Å². The number of rotatable bonds is 6. The number of methoxy groups -OCH3 is 1. The molecule has 0 spiro atoms. The van der Waals surface area contributed by atoms with Gasteiger partial charge in [0.1, 0.15) is 23.7 Å². The summed E-state index contributed by atoms with van der Waals surface area (Å²) in [5.74, 6) is 1.29. The zero-order chi connectivity index (χ0) is 20.1. The number of amides is 1. The van der Waals surface area contributed by atoms with Gasteiger partial charge in [-0.05, 0) is 44.0 Å². The second-order valence-electron chi connectivity index (χ2n) is 7.38. The number of nitrogens with zero attached hydrogens (tertiary/aromatic N) is 1. The molecule has 1 amide bonds. The molecule has 0 aromatic heterocycles. The predicted molar refractivity (Wildman–Crippen MR) is 109 cm³/mol. The van der Waals surface area contributed by atoms with Crippen LogP contribution < -0.4 is 9.47 Å². The number of halogens is 1. The van der Waals surface area contributed by atoms with Crippen LogP contribution in [-0.2, 0) is 11.2 Å². The van der Waals surface area contributed by atoms with E-state index in [0.717, 1.165) is 17.5 Å². The van der Waals surface area contributed by atoms with Crippen LogP contribution in [-0.4, -0.2) is 48.3 Å². The van der Waals surface area contributed by atoms with E-state index in [2.05, 4.69) is 0 Å². The molecule has 6 heteroatoms. The lowest BCUT2D eigenvalue weighted by Crippen LogP contribution is -2.53. The fourth-order valence-electron chi connectivity index (χ4n) is 3.54. The molecule has 3 rings (SSSR count). The van der Waals surface area contributed by atoms with Gasteiger partial charge < -0.3 is 19.5 Å². The van der Waals surface area contributed by atoms with Crippen molar-refractivity contribution in [1.29, 1.82) is 0 Å². The van der Waals surface area contributed by atoms with Crippen molar-refractivity contribution in [2.24, 2.45) is 0 Å². The summed E-state index contributed by atoms with van der Waals surface area (Å²) in [6, 6.07) is 12.9. The van der Waals surface area contributed by atoms with Crippen LogP contribution in [0.4, 0.5) is 0 Å². The number of carbonyl (C=O) groups is 1. The van der Waals surface area contributed by atoms with Crippen LogP contribution in [0.2, 0.25) is 5.02 Å². The van der Waals surface area contributed by atoms with E-state index >= 15 is 0 Å². The van der Waals surface area contributed by atoms with Crippen LogP contribution in [0.5, 0.6) is 11.5 Å². The van der Waals surface area contributed by atoms with Gasteiger partial charge in [0, 0.05) is 17.1 Å². The van der Waals surface area contributed by atoms with E-state index in [1.165, 1.54) is 0 Å². The Morgan fingerprint density at radius 3 is 2.86 bits per heavy atom. The zero-order valence-corrected chi connectivity index (χ0v) is 17.0. The number of carbonyl (C=O) groups excluding carboxylic acids is 1. The molecule has 1 atom stereocenters. The molecule has 0 aliphatic carbocycles. The standard InChI is InChI=1S/C22H26ClNO4/c1-16-7-8-20(27-2)17(11-16)12-21(25)24-10-4-9-22(26,14-24)15-28-19-6-3-5-18(23)13-19/h3,5-8,11,13,26H,4,9-10,12,14-15H2,1-2H3. The molecule has 0 radical (unpaired) electrons. The summed E-state index contributed by atoms with van der Waals surface area (Å²) in [6.45, 7) is 2.98. The Hall–Kier alpha value is -2.24. The maximum atomic E-state index is 12.9. The first-order valence-corrected chi connectivity index (χ1v) is 9.78. The molecule has 2 aromatic rings. The molecule has 5 nitrogen and oxygen atoms in total. The largest absolute Gasteiger partial charge is 0.496 e. The molecule has 0 bridgehead atoms. The van der Waals surface area contributed by atoms with Crippen LogP contribution in [0.15, 0.2) is 42.5 Å². The summed E-state index contributed by atoms with van der Waals surface area (Å²) in [6.07, 6.45) is 1.56. The summed E-state index contributed by atoms with van der Waals surface area (Å²) in [7, 11) is 1.60. The van der Waals surface area contributed by atoms with Gasteiger partial charge in [-0.1, -0.05) is 35.4 Å². The molecule has 1 aliphatic rings. The molecule has 0 saturated carbocycles. The number of piperidine rings is 1. The minimum absolute atomic E-state index is 0.0234. The highest BCUT2D eigenvalue weighted by atomic mass is 35.5. The lowest BCUT2D eigenvalue weighted by Gasteiger charge is -2.39. The summed E-state index contributed by atoms with van der Waals surface area (Å²) < 4.78 is 11.1. The van der Waals surface area contributed by atoms with Gasteiger partial charge in [-0.25, -0.2) is 0 Å². The first kappa shape index (κ1) is 20.5. The van der Waals surface area contributed by atoms with Crippen LogP contribution in [0.3, 0.4) is 0 Å². The molecule has 1 N–H and O–H groups in total. The van der Waals surface area contributed by atoms with Crippen LogP contribution in [0.1, 0.15) is 24.0 Å². The molecular weight excluding hydrogens is 378 g/mol. The van der Waals surface area contributed by atoms with E-state index in [9.17, 15) is 9.90 Å². The number of aliphatic hydroxyl groups is 1. The van der Waals surface area contributed by atoms with Crippen molar-refractivity contribution in [3.8, 4) is 11.5 Å². The van der Waals surface area contributed by atoms with Crippen molar-refractivity contribution in [2.45, 2.75) is 31.8 Å². The van der Waals surface area contributed by atoms with Crippen molar-refractivity contribution < 1.29 is 19.4 Å². The summed E-state index contributed by atoms with van der Waals surface area (Å²) in [4.78, 5) is 14.6. The molecule has 1 heterocycles. The lowest BCUT2D eigenvalue weighted by molar-refractivity contribution is -0.139. The Balaban J connectivity index is 1.63. The quantitative estimate of drug-likeness (QED) is 0.800. The summed E-state index contributed by atoms with van der Waals surface area (Å²) >= 11 is 5.97. The van der Waals surface area contributed by atoms with Gasteiger partial charge in [-0.3, -0.25) is 4.79 Å². The molecular formula is C22H26ClNO4.